The van der Waals surface area contributed by atoms with Gasteiger partial charge >= 0.3 is 11.8 Å². The first-order valence-corrected chi connectivity index (χ1v) is 7.00. The minimum atomic E-state index is -0.878. The van der Waals surface area contributed by atoms with Crippen molar-refractivity contribution in [3.8, 4) is 5.75 Å². The first kappa shape index (κ1) is 16.1. The molecule has 22 heavy (non-hydrogen) atoms. The van der Waals surface area contributed by atoms with Gasteiger partial charge in [-0.2, -0.15) is 0 Å². The molecular weight excluding hydrogens is 327 g/mol. The number of benzene rings is 2. The molecule has 0 aromatic heterocycles. The maximum absolute atomic E-state index is 11.9. The average Bonchev–Trinajstić information content (AvgIpc) is 2.46. The van der Waals surface area contributed by atoms with Crippen LogP contribution in [0.3, 0.4) is 0 Å². The lowest BCUT2D eigenvalue weighted by molar-refractivity contribution is -0.133. The zero-order chi connectivity index (χ0) is 16.3. The maximum atomic E-state index is 11.9. The lowest BCUT2D eigenvalue weighted by Crippen LogP contribution is -2.29. The van der Waals surface area contributed by atoms with E-state index >= 15 is 0 Å². The number of carbonyl (C=O) groups excluding carboxylic acids is 2. The van der Waals surface area contributed by atoms with E-state index in [4.69, 9.17) is 23.2 Å². The molecule has 0 atom stereocenters. The molecule has 0 aliphatic heterocycles. The zero-order valence-corrected chi connectivity index (χ0v) is 13.0. The number of phenols is 1. The third-order valence-electron chi connectivity index (χ3n) is 2.86. The minimum Gasteiger partial charge on any atom is -0.508 e. The smallest absolute Gasteiger partial charge is 0.314 e. The number of rotatable bonds is 2. The van der Waals surface area contributed by atoms with Crippen molar-refractivity contribution in [3.05, 3.63) is 52.0 Å². The van der Waals surface area contributed by atoms with Gasteiger partial charge in [0.2, 0.25) is 0 Å². The van der Waals surface area contributed by atoms with E-state index in [0.717, 1.165) is 0 Å². The van der Waals surface area contributed by atoms with Crippen LogP contribution in [0.15, 0.2) is 36.4 Å². The van der Waals surface area contributed by atoms with Crippen LogP contribution < -0.4 is 10.6 Å². The summed E-state index contributed by atoms with van der Waals surface area (Å²) < 4.78 is 0. The number of anilines is 2. The van der Waals surface area contributed by atoms with E-state index in [1.165, 1.54) is 24.3 Å². The van der Waals surface area contributed by atoms with Crippen LogP contribution in [0, 0.1) is 6.92 Å². The first-order valence-electron chi connectivity index (χ1n) is 6.24. The second-order valence-electron chi connectivity index (χ2n) is 4.51. The van der Waals surface area contributed by atoms with Crippen LogP contribution in [0.5, 0.6) is 5.75 Å². The Hall–Kier alpha value is -2.24. The van der Waals surface area contributed by atoms with Crippen molar-refractivity contribution < 1.29 is 14.7 Å². The topological polar surface area (TPSA) is 78.4 Å². The Morgan fingerprint density at radius 1 is 1.00 bits per heavy atom. The number of hydrogen-bond donors (Lipinski definition) is 3. The van der Waals surface area contributed by atoms with Gasteiger partial charge in [-0.25, -0.2) is 0 Å². The minimum absolute atomic E-state index is 0.0747. The summed E-state index contributed by atoms with van der Waals surface area (Å²) in [5.41, 5.74) is 1.30. The summed E-state index contributed by atoms with van der Waals surface area (Å²) in [6.07, 6.45) is 0. The van der Waals surface area contributed by atoms with Gasteiger partial charge in [0.25, 0.3) is 0 Å². The van der Waals surface area contributed by atoms with Gasteiger partial charge in [-0.15, -0.1) is 0 Å². The van der Waals surface area contributed by atoms with E-state index in [9.17, 15) is 14.7 Å². The summed E-state index contributed by atoms with van der Waals surface area (Å²) in [5, 5.41) is 14.6. The van der Waals surface area contributed by atoms with Crippen molar-refractivity contribution in [2.75, 3.05) is 10.6 Å². The predicted molar refractivity (Wildman–Crippen MR) is 86.6 cm³/mol. The highest BCUT2D eigenvalue weighted by atomic mass is 35.5. The quantitative estimate of drug-likeness (QED) is 0.578. The molecule has 0 bridgehead atoms. The van der Waals surface area contributed by atoms with Crippen LogP contribution in [0.1, 0.15) is 5.56 Å². The van der Waals surface area contributed by atoms with Gasteiger partial charge in [0.15, 0.2) is 0 Å². The fourth-order valence-corrected chi connectivity index (χ4v) is 2.09. The highest BCUT2D eigenvalue weighted by Crippen LogP contribution is 2.29. The molecule has 114 valence electrons. The van der Waals surface area contributed by atoms with Crippen LogP contribution >= 0.6 is 23.2 Å². The molecule has 0 aliphatic carbocycles. The zero-order valence-electron chi connectivity index (χ0n) is 11.5. The maximum Gasteiger partial charge on any atom is 0.314 e. The highest BCUT2D eigenvalue weighted by molar-refractivity contribution is 6.47. The summed E-state index contributed by atoms with van der Waals surface area (Å²) in [6.45, 7) is 1.70. The molecule has 0 spiro atoms. The van der Waals surface area contributed by atoms with Gasteiger partial charge in [0.05, 0.1) is 15.7 Å². The molecule has 0 saturated carbocycles. The molecule has 2 aromatic rings. The van der Waals surface area contributed by atoms with Crippen LogP contribution in [0.25, 0.3) is 0 Å². The van der Waals surface area contributed by atoms with Gasteiger partial charge in [0, 0.05) is 5.69 Å². The fraction of sp³-hybridized carbons (Fsp3) is 0.0667. The monoisotopic (exact) mass is 338 g/mol. The normalized spacial score (nSPS) is 10.1. The second-order valence-corrected chi connectivity index (χ2v) is 5.29. The third kappa shape index (κ3) is 3.69. The highest BCUT2D eigenvalue weighted by Gasteiger charge is 2.17. The summed E-state index contributed by atoms with van der Waals surface area (Å²) in [6, 6.07) is 9.09. The Morgan fingerprint density at radius 2 is 1.64 bits per heavy atom. The first-order chi connectivity index (χ1) is 10.4. The molecular formula is C15H12Cl2N2O3. The average molecular weight is 339 g/mol. The Labute approximate surface area is 136 Å². The molecule has 2 amide bonds. The molecule has 5 nitrogen and oxygen atoms in total. The molecule has 0 unspecified atom stereocenters. The Morgan fingerprint density at radius 3 is 2.27 bits per heavy atom. The standard InChI is InChI=1S/C15H12Cl2N2O3/c1-8-7-9(20)5-6-11(8)18-14(21)15(22)19-12-4-2-3-10(16)13(12)17/h2-7,20H,1H3,(H,18,21)(H,19,22). The Balaban J connectivity index is 2.09. The number of carbonyl (C=O) groups is 2. The number of phenolic OH excluding ortho intramolecular Hbond substituents is 1. The predicted octanol–water partition coefficient (Wildman–Crippen LogP) is 3.58. The summed E-state index contributed by atoms with van der Waals surface area (Å²) in [4.78, 5) is 23.8. The molecule has 0 aliphatic rings. The summed E-state index contributed by atoms with van der Waals surface area (Å²) in [7, 11) is 0. The van der Waals surface area contributed by atoms with E-state index in [-0.39, 0.29) is 21.5 Å². The SMILES string of the molecule is Cc1cc(O)ccc1NC(=O)C(=O)Nc1cccc(Cl)c1Cl. The molecule has 3 N–H and O–H groups in total. The number of amides is 2. The van der Waals surface area contributed by atoms with Gasteiger partial charge in [0.1, 0.15) is 5.75 Å². The summed E-state index contributed by atoms with van der Waals surface area (Å²) >= 11 is 11.8. The largest absolute Gasteiger partial charge is 0.508 e. The molecule has 7 heteroatoms. The second kappa shape index (κ2) is 6.68. The number of halogens is 2. The fourth-order valence-electron chi connectivity index (χ4n) is 1.75. The van der Waals surface area contributed by atoms with Crippen LogP contribution in [0.2, 0.25) is 10.0 Å². The third-order valence-corrected chi connectivity index (χ3v) is 3.68. The number of aromatic hydroxyl groups is 1. The van der Waals surface area contributed by atoms with Crippen molar-refractivity contribution >= 4 is 46.4 Å². The Bertz CT molecular complexity index is 748. The molecule has 2 rings (SSSR count). The van der Waals surface area contributed by atoms with E-state index < -0.39 is 11.8 Å². The number of aryl methyl sites for hydroxylation is 1. The molecule has 0 heterocycles. The lowest BCUT2D eigenvalue weighted by Gasteiger charge is -2.10. The molecule has 0 radical (unpaired) electrons. The van der Waals surface area contributed by atoms with Gasteiger partial charge < -0.3 is 15.7 Å². The van der Waals surface area contributed by atoms with Crippen molar-refractivity contribution in [3.63, 3.8) is 0 Å². The number of hydrogen-bond acceptors (Lipinski definition) is 3. The van der Waals surface area contributed by atoms with E-state index in [0.29, 0.717) is 11.3 Å². The van der Waals surface area contributed by atoms with Crippen LogP contribution in [0.4, 0.5) is 11.4 Å². The van der Waals surface area contributed by atoms with Crippen LogP contribution in [-0.2, 0) is 9.59 Å². The van der Waals surface area contributed by atoms with Crippen LogP contribution in [-0.4, -0.2) is 16.9 Å². The lowest BCUT2D eigenvalue weighted by atomic mass is 10.2. The molecule has 2 aromatic carbocycles. The molecule has 0 saturated heterocycles. The van der Waals surface area contributed by atoms with E-state index in [1.807, 2.05) is 0 Å². The van der Waals surface area contributed by atoms with E-state index in [2.05, 4.69) is 10.6 Å². The van der Waals surface area contributed by atoms with E-state index in [1.54, 1.807) is 19.1 Å². The molecule has 0 fully saturated rings. The van der Waals surface area contributed by atoms with Crippen molar-refractivity contribution in [2.24, 2.45) is 0 Å². The Kier molecular flexibility index (Phi) is 4.90. The van der Waals surface area contributed by atoms with Gasteiger partial charge in [-0.05, 0) is 42.8 Å². The van der Waals surface area contributed by atoms with Crippen molar-refractivity contribution in [1.29, 1.82) is 0 Å². The van der Waals surface area contributed by atoms with Gasteiger partial charge in [-0.1, -0.05) is 29.3 Å². The van der Waals surface area contributed by atoms with Crippen molar-refractivity contribution in [1.82, 2.24) is 0 Å². The summed E-state index contributed by atoms with van der Waals surface area (Å²) in [5.74, 6) is -1.66. The number of nitrogens with one attached hydrogen (secondary N) is 2. The van der Waals surface area contributed by atoms with Gasteiger partial charge in [-0.3, -0.25) is 9.59 Å². The van der Waals surface area contributed by atoms with Crippen molar-refractivity contribution in [2.45, 2.75) is 6.92 Å².